The van der Waals surface area contributed by atoms with Crippen LogP contribution in [-0.2, 0) is 9.53 Å². The van der Waals surface area contributed by atoms with Crippen LogP contribution in [0.15, 0.2) is 30.1 Å². The number of benzene rings is 1. The van der Waals surface area contributed by atoms with Gasteiger partial charge in [0.05, 0.1) is 6.61 Å². The molecule has 9 nitrogen and oxygen atoms in total. The molecule has 0 radical (unpaired) electrons. The first-order chi connectivity index (χ1) is 18.5. The Bertz CT molecular complexity index is 1000. The summed E-state index contributed by atoms with van der Waals surface area (Å²) in [5, 5.41) is 0. The number of ether oxygens (including phenoxy) is 2. The maximum Gasteiger partial charge on any atom is 0.253 e. The largest absolute Gasteiger partial charge is 0.493 e. The number of nitrogens with one attached hydrogen (secondary N) is 1. The fourth-order valence-corrected chi connectivity index (χ4v) is 6.13. The Morgan fingerprint density at radius 1 is 0.974 bits per heavy atom. The number of allylic oxidation sites excluding steroid dienone is 1. The Labute approximate surface area is 225 Å². The van der Waals surface area contributed by atoms with E-state index in [0.717, 1.165) is 76.4 Å². The zero-order valence-electron chi connectivity index (χ0n) is 22.4. The van der Waals surface area contributed by atoms with Gasteiger partial charge in [-0.15, -0.1) is 0 Å². The lowest BCUT2D eigenvalue weighted by molar-refractivity contribution is -0.130. The van der Waals surface area contributed by atoms with Gasteiger partial charge in [0, 0.05) is 63.3 Å². The van der Waals surface area contributed by atoms with E-state index in [1.165, 1.54) is 24.6 Å². The minimum absolute atomic E-state index is 0.104. The van der Waals surface area contributed by atoms with E-state index in [1.807, 2.05) is 15.9 Å². The first kappa shape index (κ1) is 26.8. The molecule has 0 spiro atoms. The summed E-state index contributed by atoms with van der Waals surface area (Å²) in [5.41, 5.74) is 10.8. The highest BCUT2D eigenvalue weighted by atomic mass is 16.5. The molecule has 1 saturated carbocycles. The number of hydrogen-bond acceptors (Lipinski definition) is 7. The van der Waals surface area contributed by atoms with E-state index in [-0.39, 0.29) is 11.8 Å². The molecule has 0 bridgehead atoms. The molecule has 1 aromatic carbocycles. The number of carbonyl (C=O) groups excluding carboxylic acids is 2. The van der Waals surface area contributed by atoms with E-state index in [0.29, 0.717) is 48.8 Å². The molecule has 2 atom stereocenters. The van der Waals surface area contributed by atoms with E-state index < -0.39 is 0 Å². The van der Waals surface area contributed by atoms with Gasteiger partial charge in [-0.2, -0.15) is 0 Å². The van der Waals surface area contributed by atoms with Gasteiger partial charge in [0.1, 0.15) is 5.75 Å². The fraction of sp³-hybridized carbons (Fsp3) is 0.655. The lowest BCUT2D eigenvalue weighted by atomic mass is 9.92. The van der Waals surface area contributed by atoms with E-state index >= 15 is 0 Å². The minimum Gasteiger partial charge on any atom is -0.493 e. The Morgan fingerprint density at radius 3 is 2.34 bits per heavy atom. The van der Waals surface area contributed by atoms with E-state index in [2.05, 4.69) is 17.6 Å². The smallest absolute Gasteiger partial charge is 0.253 e. The van der Waals surface area contributed by atoms with E-state index in [4.69, 9.17) is 21.1 Å². The molecule has 5 N–H and O–H groups in total. The predicted molar refractivity (Wildman–Crippen MR) is 145 cm³/mol. The van der Waals surface area contributed by atoms with Gasteiger partial charge in [-0.1, -0.05) is 0 Å². The van der Waals surface area contributed by atoms with Gasteiger partial charge in [0.2, 0.25) is 5.91 Å². The van der Waals surface area contributed by atoms with Crippen molar-refractivity contribution in [2.45, 2.75) is 57.3 Å². The Morgan fingerprint density at radius 2 is 1.68 bits per heavy atom. The van der Waals surface area contributed by atoms with Crippen molar-refractivity contribution in [1.82, 2.24) is 15.2 Å². The van der Waals surface area contributed by atoms with Crippen molar-refractivity contribution in [1.29, 1.82) is 0 Å². The second kappa shape index (κ2) is 12.4. The zero-order valence-corrected chi connectivity index (χ0v) is 22.4. The highest BCUT2D eigenvalue weighted by Crippen LogP contribution is 2.42. The second-order valence-electron chi connectivity index (χ2n) is 11.5. The van der Waals surface area contributed by atoms with Gasteiger partial charge in [0.15, 0.2) is 0 Å². The van der Waals surface area contributed by atoms with Crippen LogP contribution in [0.5, 0.6) is 5.75 Å². The molecule has 2 amide bonds. The Balaban J connectivity index is 1.17. The van der Waals surface area contributed by atoms with Crippen molar-refractivity contribution in [2.75, 3.05) is 46.0 Å². The van der Waals surface area contributed by atoms with Crippen LogP contribution in [0.1, 0.15) is 73.2 Å². The molecule has 3 heterocycles. The molecule has 0 aromatic heterocycles. The summed E-state index contributed by atoms with van der Waals surface area (Å²) in [6.45, 7) is 5.29. The number of fused-ring (bicyclic) bond motifs is 1. The zero-order chi connectivity index (χ0) is 26.5. The maximum absolute atomic E-state index is 13.7. The normalized spacial score (nSPS) is 24.6. The van der Waals surface area contributed by atoms with Crippen molar-refractivity contribution < 1.29 is 19.1 Å². The molecule has 3 saturated heterocycles. The summed E-state index contributed by atoms with van der Waals surface area (Å²) in [7, 11) is 0. The van der Waals surface area contributed by atoms with E-state index in [9.17, 15) is 9.59 Å². The van der Waals surface area contributed by atoms with Crippen molar-refractivity contribution >= 4 is 11.8 Å². The SMILES string of the molecule is NN/C=C(\N)CCC(=O)N1C[C@H]2CCN(C(=O)c3cc(OCC4CCOCC4)cc(C4CC4)c3)CC[C@H]2C1. The average Bonchev–Trinajstić information content (AvgIpc) is 3.74. The number of nitrogens with zero attached hydrogens (tertiary/aromatic N) is 2. The van der Waals surface area contributed by atoms with Crippen LogP contribution in [0.4, 0.5) is 0 Å². The molecule has 0 unspecified atom stereocenters. The molecule has 4 aliphatic rings. The van der Waals surface area contributed by atoms with Crippen molar-refractivity contribution in [3.05, 3.63) is 41.2 Å². The summed E-state index contributed by atoms with van der Waals surface area (Å²) in [5.74, 6) is 8.26. The number of rotatable bonds is 9. The third kappa shape index (κ3) is 6.80. The van der Waals surface area contributed by atoms with Gasteiger partial charge in [-0.05, 0) is 92.4 Å². The summed E-state index contributed by atoms with van der Waals surface area (Å²) >= 11 is 0. The summed E-state index contributed by atoms with van der Waals surface area (Å²) in [6.07, 6.45) is 8.70. The van der Waals surface area contributed by atoms with Gasteiger partial charge < -0.3 is 30.4 Å². The fourth-order valence-electron chi connectivity index (χ4n) is 6.13. The predicted octanol–water partition coefficient (Wildman–Crippen LogP) is 2.72. The quantitative estimate of drug-likeness (QED) is 0.335. The second-order valence-corrected chi connectivity index (χ2v) is 11.5. The van der Waals surface area contributed by atoms with Crippen LogP contribution >= 0.6 is 0 Å². The van der Waals surface area contributed by atoms with Crippen molar-refractivity contribution in [3.63, 3.8) is 0 Å². The molecule has 38 heavy (non-hydrogen) atoms. The van der Waals surface area contributed by atoms with Crippen LogP contribution in [-0.4, -0.2) is 67.6 Å². The molecule has 5 rings (SSSR count). The number of carbonyl (C=O) groups is 2. The number of likely N-dealkylation sites (tertiary alicyclic amines) is 2. The van der Waals surface area contributed by atoms with Crippen LogP contribution < -0.4 is 21.7 Å². The van der Waals surface area contributed by atoms with Crippen molar-refractivity contribution in [3.8, 4) is 5.75 Å². The van der Waals surface area contributed by atoms with Gasteiger partial charge >= 0.3 is 0 Å². The third-order valence-corrected chi connectivity index (χ3v) is 8.70. The summed E-state index contributed by atoms with van der Waals surface area (Å²) in [6, 6.07) is 6.18. The first-order valence-electron chi connectivity index (χ1n) is 14.3. The Hall–Kier alpha value is -2.78. The first-order valence-corrected chi connectivity index (χ1v) is 14.3. The lowest BCUT2D eigenvalue weighted by Crippen LogP contribution is -2.34. The van der Waals surface area contributed by atoms with Crippen molar-refractivity contribution in [2.24, 2.45) is 29.3 Å². The van der Waals surface area contributed by atoms with Crippen LogP contribution in [0, 0.1) is 17.8 Å². The lowest BCUT2D eigenvalue weighted by Gasteiger charge is -2.24. The van der Waals surface area contributed by atoms with E-state index in [1.54, 1.807) is 0 Å². The summed E-state index contributed by atoms with van der Waals surface area (Å²) < 4.78 is 11.7. The van der Waals surface area contributed by atoms with Gasteiger partial charge in [-0.3, -0.25) is 15.4 Å². The number of hydrazine groups is 1. The average molecular weight is 526 g/mol. The topological polar surface area (TPSA) is 123 Å². The highest BCUT2D eigenvalue weighted by molar-refractivity contribution is 5.95. The minimum atomic E-state index is 0.104. The number of nitrogens with two attached hydrogens (primary N) is 2. The highest BCUT2D eigenvalue weighted by Gasteiger charge is 2.37. The maximum atomic E-state index is 13.7. The standard InChI is InChI=1S/C29H43N5O4/c30-26(16-32-31)3-4-28(35)34-17-22-5-9-33(10-6-23(22)18-34)29(36)25-13-24(21-1-2-21)14-27(15-25)38-19-20-7-11-37-12-8-20/h13-16,20-23,32H,1-12,17-19,30-31H2/b26-16-/t22-,23+. The molecule has 1 aliphatic carbocycles. The number of amides is 2. The van der Waals surface area contributed by atoms with Crippen LogP contribution in [0.2, 0.25) is 0 Å². The molecule has 9 heteroatoms. The monoisotopic (exact) mass is 525 g/mol. The Kier molecular flexibility index (Phi) is 8.74. The van der Waals surface area contributed by atoms with Crippen LogP contribution in [0.25, 0.3) is 0 Å². The molecular weight excluding hydrogens is 482 g/mol. The molecule has 1 aromatic rings. The molecule has 4 fully saturated rings. The molecule has 3 aliphatic heterocycles. The number of hydrogen-bond donors (Lipinski definition) is 3. The summed E-state index contributed by atoms with van der Waals surface area (Å²) in [4.78, 5) is 30.4. The van der Waals surface area contributed by atoms with Crippen LogP contribution in [0.3, 0.4) is 0 Å². The third-order valence-electron chi connectivity index (χ3n) is 8.70. The molecule has 208 valence electrons. The van der Waals surface area contributed by atoms with Gasteiger partial charge in [-0.25, -0.2) is 0 Å². The molecular formula is C29H43N5O4. The van der Waals surface area contributed by atoms with Gasteiger partial charge in [0.25, 0.3) is 5.91 Å².